The van der Waals surface area contributed by atoms with Crippen molar-refractivity contribution in [3.8, 4) is 5.75 Å². The number of para-hydroxylation sites is 2. The van der Waals surface area contributed by atoms with Crippen molar-refractivity contribution in [1.29, 1.82) is 0 Å². The molecule has 1 heterocycles. The molecule has 0 saturated heterocycles. The van der Waals surface area contributed by atoms with Gasteiger partial charge in [0.15, 0.2) is 6.23 Å². The molecule has 4 aromatic carbocycles. The van der Waals surface area contributed by atoms with Gasteiger partial charge in [0.1, 0.15) is 11.8 Å². The van der Waals surface area contributed by atoms with Gasteiger partial charge >= 0.3 is 0 Å². The second-order valence-corrected chi connectivity index (χ2v) is 14.4. The Labute approximate surface area is 307 Å². The van der Waals surface area contributed by atoms with E-state index in [1.54, 1.807) is 55.1 Å². The topological polar surface area (TPSA) is 123 Å². The number of ether oxygens (including phenoxy) is 1. The van der Waals surface area contributed by atoms with Gasteiger partial charge in [-0.2, -0.15) is 0 Å². The predicted octanol–water partition coefficient (Wildman–Crippen LogP) is 6.06. The van der Waals surface area contributed by atoms with Crippen LogP contribution in [0.2, 0.25) is 0 Å². The minimum absolute atomic E-state index is 0.00106. The van der Waals surface area contributed by atoms with Crippen molar-refractivity contribution in [2.75, 3.05) is 37.0 Å². The molecule has 268 valence electrons. The molecule has 4 aromatic rings. The Hall–Kier alpha value is -4.45. The zero-order valence-corrected chi connectivity index (χ0v) is 30.9. The highest BCUT2D eigenvalue weighted by Gasteiger charge is 2.38. The molecule has 10 nitrogen and oxygen atoms in total. The number of carbonyl (C=O) groups is 3. The fraction of sp³-hybridized carbons (Fsp3) is 0.375. The van der Waals surface area contributed by atoms with Crippen LogP contribution in [-0.2, 0) is 16.1 Å². The molecule has 1 saturated carbocycles. The number of hydrogen-bond donors (Lipinski definition) is 4. The van der Waals surface area contributed by atoms with Gasteiger partial charge < -0.3 is 35.6 Å². The number of halogens is 1. The van der Waals surface area contributed by atoms with E-state index in [-0.39, 0.29) is 30.8 Å². The Bertz CT molecular complexity index is 1880. The normalized spacial score (nSPS) is 17.7. The van der Waals surface area contributed by atoms with Gasteiger partial charge in [-0.15, -0.1) is 0 Å². The number of amides is 3. The number of anilines is 2. The molecule has 1 unspecified atom stereocenters. The first-order valence-electron chi connectivity index (χ1n) is 17.6. The molecule has 51 heavy (non-hydrogen) atoms. The Kier molecular flexibility index (Phi) is 11.6. The predicted molar refractivity (Wildman–Crippen MR) is 204 cm³/mol. The van der Waals surface area contributed by atoms with Gasteiger partial charge in [-0.05, 0) is 86.0 Å². The lowest BCUT2D eigenvalue weighted by molar-refractivity contribution is -0.128. The second-order valence-electron chi connectivity index (χ2n) is 13.5. The zero-order valence-electron chi connectivity index (χ0n) is 29.3. The standard InChI is InChI=1S/C40H46BrN5O5/c1-25(42-2)37(47)44-33-24-46(39(49)28-15-13-27(14-16-28)38(48)43-22-26-9-5-4-6-10-26)35-12-8-7-11-34(35)45(40(33)50)23-32-31-19-18-30(41)21-29(31)17-20-36(32)51-3/h7-8,11-21,25-26,33,39,42,49H,4-6,9-10,22-24H2,1-3H3,(H,43,48)(H,44,47)/t25-,33-,39?/m0/s1. The number of hydrogen-bond acceptors (Lipinski definition) is 7. The third-order valence-electron chi connectivity index (χ3n) is 10.2. The maximum atomic E-state index is 14.6. The monoisotopic (exact) mass is 755 g/mol. The van der Waals surface area contributed by atoms with E-state index >= 15 is 0 Å². The van der Waals surface area contributed by atoms with E-state index in [9.17, 15) is 19.5 Å². The van der Waals surface area contributed by atoms with Gasteiger partial charge in [0.2, 0.25) is 5.91 Å². The highest BCUT2D eigenvalue weighted by molar-refractivity contribution is 9.10. The van der Waals surface area contributed by atoms with E-state index in [4.69, 9.17) is 4.74 Å². The number of aliphatic hydroxyl groups is 1. The molecule has 3 atom stereocenters. The summed E-state index contributed by atoms with van der Waals surface area (Å²) in [4.78, 5) is 44.3. The Morgan fingerprint density at radius 1 is 0.980 bits per heavy atom. The molecule has 0 bridgehead atoms. The quantitative estimate of drug-likeness (QED) is 0.147. The van der Waals surface area contributed by atoms with Gasteiger partial charge in [-0.3, -0.25) is 14.4 Å². The van der Waals surface area contributed by atoms with E-state index in [1.165, 1.54) is 19.3 Å². The van der Waals surface area contributed by atoms with E-state index < -0.39 is 18.3 Å². The Morgan fingerprint density at radius 3 is 2.41 bits per heavy atom. The van der Waals surface area contributed by atoms with Crippen molar-refractivity contribution in [2.45, 2.75) is 63.9 Å². The number of nitrogens with one attached hydrogen (secondary N) is 3. The lowest BCUT2D eigenvalue weighted by atomic mass is 9.89. The van der Waals surface area contributed by atoms with Crippen LogP contribution >= 0.6 is 15.9 Å². The van der Waals surface area contributed by atoms with Crippen LogP contribution in [0.15, 0.2) is 83.3 Å². The number of likely N-dealkylation sites (N-methyl/N-ethyl adjacent to an activating group) is 1. The van der Waals surface area contributed by atoms with Gasteiger partial charge in [0.05, 0.1) is 37.6 Å². The number of benzene rings is 4. The molecule has 3 amide bonds. The molecule has 1 aliphatic carbocycles. The van der Waals surface area contributed by atoms with Gasteiger partial charge in [-0.1, -0.05) is 71.6 Å². The smallest absolute Gasteiger partial charge is 0.251 e. The lowest BCUT2D eigenvalue weighted by Gasteiger charge is -2.32. The number of carbonyl (C=O) groups excluding carboxylic acids is 3. The molecule has 0 spiro atoms. The second kappa shape index (κ2) is 16.3. The van der Waals surface area contributed by atoms with Crippen LogP contribution in [0.1, 0.15) is 66.7 Å². The lowest BCUT2D eigenvalue weighted by Crippen LogP contribution is -2.55. The van der Waals surface area contributed by atoms with E-state index in [0.717, 1.165) is 33.7 Å². The van der Waals surface area contributed by atoms with Crippen molar-refractivity contribution >= 4 is 55.8 Å². The van der Waals surface area contributed by atoms with Crippen molar-refractivity contribution in [2.24, 2.45) is 5.92 Å². The van der Waals surface area contributed by atoms with Crippen LogP contribution in [-0.4, -0.2) is 62.2 Å². The highest BCUT2D eigenvalue weighted by Crippen LogP contribution is 2.40. The fourth-order valence-electron chi connectivity index (χ4n) is 7.12. The Morgan fingerprint density at radius 2 is 1.71 bits per heavy atom. The molecule has 1 fully saturated rings. The minimum Gasteiger partial charge on any atom is -0.496 e. The number of methoxy groups -OCH3 is 1. The number of fused-ring (bicyclic) bond motifs is 2. The Balaban J connectivity index is 1.34. The fourth-order valence-corrected chi connectivity index (χ4v) is 7.50. The van der Waals surface area contributed by atoms with Gasteiger partial charge in [0.25, 0.3) is 11.8 Å². The van der Waals surface area contributed by atoms with E-state index in [0.29, 0.717) is 40.7 Å². The summed E-state index contributed by atoms with van der Waals surface area (Å²) >= 11 is 3.56. The third-order valence-corrected chi connectivity index (χ3v) is 10.7. The van der Waals surface area contributed by atoms with Crippen molar-refractivity contribution in [1.82, 2.24) is 16.0 Å². The maximum absolute atomic E-state index is 14.6. The zero-order chi connectivity index (χ0) is 36.1. The molecular weight excluding hydrogens is 710 g/mol. The summed E-state index contributed by atoms with van der Waals surface area (Å²) in [6.07, 6.45) is 4.79. The van der Waals surface area contributed by atoms with Crippen molar-refractivity contribution < 1.29 is 24.2 Å². The summed E-state index contributed by atoms with van der Waals surface area (Å²) in [5.74, 6) is 0.342. The molecule has 11 heteroatoms. The van der Waals surface area contributed by atoms with Crippen LogP contribution in [0.4, 0.5) is 11.4 Å². The van der Waals surface area contributed by atoms with Gasteiger partial charge in [-0.25, -0.2) is 0 Å². The molecular formula is C40H46BrN5O5. The van der Waals surface area contributed by atoms with Crippen LogP contribution in [0.3, 0.4) is 0 Å². The summed E-state index contributed by atoms with van der Waals surface area (Å²) in [5, 5.41) is 22.9. The number of aliphatic hydroxyl groups excluding tert-OH is 1. The van der Waals surface area contributed by atoms with E-state index in [1.807, 2.05) is 54.6 Å². The van der Waals surface area contributed by atoms with Crippen LogP contribution in [0.5, 0.6) is 5.75 Å². The molecule has 6 rings (SSSR count). The van der Waals surface area contributed by atoms with Crippen LogP contribution < -0.4 is 30.5 Å². The van der Waals surface area contributed by atoms with Gasteiger partial charge in [0, 0.05) is 27.7 Å². The number of nitrogens with zero attached hydrogens (tertiary/aromatic N) is 2. The van der Waals surface area contributed by atoms with Crippen molar-refractivity contribution in [3.05, 3.63) is 100 Å². The average Bonchev–Trinajstić information content (AvgIpc) is 3.27. The number of rotatable bonds is 11. The van der Waals surface area contributed by atoms with Crippen molar-refractivity contribution in [3.63, 3.8) is 0 Å². The maximum Gasteiger partial charge on any atom is 0.251 e. The molecule has 0 radical (unpaired) electrons. The molecule has 2 aliphatic rings. The molecule has 0 aromatic heterocycles. The minimum atomic E-state index is -1.19. The first kappa shape index (κ1) is 36.3. The summed E-state index contributed by atoms with van der Waals surface area (Å²) in [7, 11) is 3.29. The average molecular weight is 757 g/mol. The highest BCUT2D eigenvalue weighted by atomic mass is 79.9. The summed E-state index contributed by atoms with van der Waals surface area (Å²) in [6.45, 7) is 2.54. The summed E-state index contributed by atoms with van der Waals surface area (Å²) < 4.78 is 6.73. The third kappa shape index (κ3) is 8.06. The summed E-state index contributed by atoms with van der Waals surface area (Å²) in [6, 6.07) is 22.6. The largest absolute Gasteiger partial charge is 0.496 e. The van der Waals surface area contributed by atoms with Crippen LogP contribution in [0.25, 0.3) is 10.8 Å². The molecule has 1 aliphatic heterocycles. The SMILES string of the molecule is CN[C@@H](C)C(=O)N[C@H]1CN(C(O)c2ccc(C(=O)NCC3CCCCC3)cc2)c2ccccc2N(Cc2c(OC)ccc3cc(Br)ccc23)C1=O. The summed E-state index contributed by atoms with van der Waals surface area (Å²) in [5.41, 5.74) is 3.07. The molecule has 4 N–H and O–H groups in total. The van der Waals surface area contributed by atoms with E-state index in [2.05, 4.69) is 31.9 Å². The first-order chi connectivity index (χ1) is 24.7. The van der Waals surface area contributed by atoms with Crippen LogP contribution in [0, 0.1) is 5.92 Å². The first-order valence-corrected chi connectivity index (χ1v) is 18.4.